The summed E-state index contributed by atoms with van der Waals surface area (Å²) in [7, 11) is 1.61. The first-order chi connectivity index (χ1) is 16.9. The summed E-state index contributed by atoms with van der Waals surface area (Å²) in [6.07, 6.45) is 0.000662. The number of aliphatic hydroxyl groups excluding tert-OH is 1. The van der Waals surface area contributed by atoms with Gasteiger partial charge in [0.2, 0.25) is 0 Å². The Bertz CT molecular complexity index is 1140. The van der Waals surface area contributed by atoms with Gasteiger partial charge < -0.3 is 19.5 Å². The van der Waals surface area contributed by atoms with Crippen LogP contribution < -0.4 is 4.74 Å². The van der Waals surface area contributed by atoms with Crippen molar-refractivity contribution in [3.05, 3.63) is 70.3 Å². The minimum Gasteiger partial charge on any atom is -0.507 e. The molecule has 0 saturated carbocycles. The maximum atomic E-state index is 13.3. The van der Waals surface area contributed by atoms with Crippen molar-refractivity contribution >= 4 is 17.4 Å². The van der Waals surface area contributed by atoms with Crippen molar-refractivity contribution in [2.24, 2.45) is 0 Å². The lowest BCUT2D eigenvalue weighted by Gasteiger charge is -2.26. The first-order valence-corrected chi connectivity index (χ1v) is 12.6. The average molecular weight is 494 g/mol. The zero-order valence-corrected chi connectivity index (χ0v) is 22.7. The molecular weight excluding hydrogens is 454 g/mol. The van der Waals surface area contributed by atoms with E-state index in [4.69, 9.17) is 9.47 Å². The number of amides is 1. The van der Waals surface area contributed by atoms with Gasteiger partial charge >= 0.3 is 0 Å². The molecule has 1 unspecified atom stereocenters. The fraction of sp³-hybridized carbons (Fsp3) is 0.467. The van der Waals surface area contributed by atoms with E-state index in [1.807, 2.05) is 44.2 Å². The molecule has 0 spiro atoms. The number of benzene rings is 2. The molecule has 1 saturated heterocycles. The molecule has 3 rings (SSSR count). The number of aliphatic hydroxyl groups is 1. The molecule has 1 heterocycles. The second-order valence-electron chi connectivity index (χ2n) is 10.9. The number of likely N-dealkylation sites (tertiary alicyclic amines) is 1. The largest absolute Gasteiger partial charge is 0.507 e. The number of methoxy groups -OCH3 is 1. The van der Waals surface area contributed by atoms with Gasteiger partial charge in [-0.15, -0.1) is 0 Å². The number of rotatable bonds is 8. The van der Waals surface area contributed by atoms with Crippen LogP contribution in [-0.2, 0) is 19.7 Å². The second kappa shape index (κ2) is 10.9. The summed E-state index contributed by atoms with van der Waals surface area (Å²) in [5.74, 6) is -0.465. The van der Waals surface area contributed by atoms with Crippen molar-refractivity contribution in [3.8, 4) is 5.75 Å². The van der Waals surface area contributed by atoms with E-state index in [0.717, 1.165) is 16.7 Å². The number of ketones is 1. The quantitative estimate of drug-likeness (QED) is 0.279. The maximum Gasteiger partial charge on any atom is 0.295 e. The highest BCUT2D eigenvalue weighted by molar-refractivity contribution is 6.46. The minimum absolute atomic E-state index is 0.000662. The Balaban J connectivity index is 2.16. The van der Waals surface area contributed by atoms with Gasteiger partial charge in [-0.05, 0) is 54.5 Å². The third kappa shape index (κ3) is 5.65. The van der Waals surface area contributed by atoms with Crippen molar-refractivity contribution in [1.82, 2.24) is 4.90 Å². The normalized spacial score (nSPS) is 17.9. The molecule has 0 aromatic heterocycles. The predicted octanol–water partition coefficient (Wildman–Crippen LogP) is 5.96. The molecule has 2 aromatic carbocycles. The first-order valence-electron chi connectivity index (χ1n) is 12.6. The van der Waals surface area contributed by atoms with Gasteiger partial charge in [0.05, 0.1) is 31.4 Å². The Morgan fingerprint density at radius 1 is 1.03 bits per heavy atom. The lowest BCUT2D eigenvalue weighted by molar-refractivity contribution is -0.140. The van der Waals surface area contributed by atoms with Gasteiger partial charge in [-0.25, -0.2) is 0 Å². The number of nitrogens with zero attached hydrogens (tertiary/aromatic N) is 1. The summed E-state index contributed by atoms with van der Waals surface area (Å²) in [4.78, 5) is 28.0. The van der Waals surface area contributed by atoms with E-state index in [0.29, 0.717) is 23.8 Å². The van der Waals surface area contributed by atoms with E-state index in [9.17, 15) is 14.7 Å². The molecule has 36 heavy (non-hydrogen) atoms. The Hall–Kier alpha value is -3.12. The minimum atomic E-state index is -0.706. The molecule has 0 bridgehead atoms. The summed E-state index contributed by atoms with van der Waals surface area (Å²) in [5.41, 5.74) is 3.13. The smallest absolute Gasteiger partial charge is 0.295 e. The number of carbonyl (C=O) groups is 2. The summed E-state index contributed by atoms with van der Waals surface area (Å²) >= 11 is 0. The van der Waals surface area contributed by atoms with E-state index >= 15 is 0 Å². The highest BCUT2D eigenvalue weighted by atomic mass is 16.5. The molecule has 1 aliphatic rings. The van der Waals surface area contributed by atoms with Gasteiger partial charge in [0, 0.05) is 17.7 Å². The molecular formula is C30H39NO5. The van der Waals surface area contributed by atoms with Crippen LogP contribution in [0.4, 0.5) is 0 Å². The monoisotopic (exact) mass is 493 g/mol. The molecule has 1 fully saturated rings. The van der Waals surface area contributed by atoms with E-state index in [2.05, 4.69) is 34.6 Å². The Morgan fingerprint density at radius 3 is 2.19 bits per heavy atom. The predicted molar refractivity (Wildman–Crippen MR) is 142 cm³/mol. The van der Waals surface area contributed by atoms with Crippen LogP contribution in [0.25, 0.3) is 5.76 Å². The van der Waals surface area contributed by atoms with Gasteiger partial charge in [-0.2, -0.15) is 0 Å². The Kier molecular flexibility index (Phi) is 8.29. The van der Waals surface area contributed by atoms with Crippen molar-refractivity contribution < 1.29 is 24.2 Å². The summed E-state index contributed by atoms with van der Waals surface area (Å²) < 4.78 is 11.2. The molecule has 194 valence electrons. The number of ether oxygens (including phenoxy) is 2. The fourth-order valence-electron chi connectivity index (χ4n) is 4.50. The maximum absolute atomic E-state index is 13.3. The molecule has 1 N–H and O–H groups in total. The Labute approximate surface area is 214 Å². The average Bonchev–Trinajstić information content (AvgIpc) is 3.07. The molecule has 2 aromatic rings. The third-order valence-corrected chi connectivity index (χ3v) is 6.52. The topological polar surface area (TPSA) is 76.1 Å². The van der Waals surface area contributed by atoms with Gasteiger partial charge in [-0.3, -0.25) is 9.59 Å². The van der Waals surface area contributed by atoms with E-state index in [1.165, 1.54) is 4.90 Å². The molecule has 6 heteroatoms. The third-order valence-electron chi connectivity index (χ3n) is 6.52. The van der Waals surface area contributed by atoms with E-state index in [1.54, 1.807) is 19.2 Å². The van der Waals surface area contributed by atoms with Crippen LogP contribution in [0.1, 0.15) is 82.7 Å². The fourth-order valence-corrected chi connectivity index (χ4v) is 4.50. The number of carbonyl (C=O) groups excluding carboxylic acids is 2. The molecule has 6 nitrogen and oxygen atoms in total. The van der Waals surface area contributed by atoms with E-state index < -0.39 is 17.7 Å². The number of hydrogen-bond donors (Lipinski definition) is 1. The lowest BCUT2D eigenvalue weighted by atomic mass is 9.84. The lowest BCUT2D eigenvalue weighted by Crippen LogP contribution is -2.33. The summed E-state index contributed by atoms with van der Waals surface area (Å²) in [6, 6.07) is 12.5. The number of Topliss-reactive ketones (excluding diaryl/α,β-unsaturated/α-hetero) is 1. The number of hydrogen-bond acceptors (Lipinski definition) is 5. The molecule has 0 radical (unpaired) electrons. The van der Waals surface area contributed by atoms with E-state index in [-0.39, 0.29) is 29.4 Å². The standard InChI is InChI=1S/C30H39NO5/c1-18(2)20-9-11-21(12-10-20)26-25(28(33)29(34)31(26)15-16-36-19(3)4)27(32)22-13-14-24(35-8)23(17-22)30(5,6)7/h9-14,17-19,26,32H,15-16H2,1-8H3/b27-25-. The molecule has 1 atom stereocenters. The van der Waals surface area contributed by atoms with Crippen molar-refractivity contribution in [2.45, 2.75) is 71.9 Å². The van der Waals surface area contributed by atoms with Crippen LogP contribution in [0.15, 0.2) is 48.0 Å². The van der Waals surface area contributed by atoms with Crippen LogP contribution in [0.3, 0.4) is 0 Å². The molecule has 1 amide bonds. The van der Waals surface area contributed by atoms with Crippen LogP contribution >= 0.6 is 0 Å². The van der Waals surface area contributed by atoms with Gasteiger partial charge in [0.1, 0.15) is 11.5 Å². The van der Waals surface area contributed by atoms with Crippen LogP contribution in [-0.4, -0.2) is 48.1 Å². The van der Waals surface area contributed by atoms with Crippen LogP contribution in [0.2, 0.25) is 0 Å². The zero-order chi connectivity index (χ0) is 26.8. The van der Waals surface area contributed by atoms with Crippen molar-refractivity contribution in [3.63, 3.8) is 0 Å². The highest BCUT2D eigenvalue weighted by Gasteiger charge is 2.46. The SMILES string of the molecule is COc1ccc(/C(O)=C2/C(=O)C(=O)N(CCOC(C)C)C2c2ccc(C(C)C)cc2)cc1C(C)(C)C. The summed E-state index contributed by atoms with van der Waals surface area (Å²) in [5, 5.41) is 11.5. The van der Waals surface area contributed by atoms with Crippen molar-refractivity contribution in [1.29, 1.82) is 0 Å². The van der Waals surface area contributed by atoms with Crippen LogP contribution in [0.5, 0.6) is 5.75 Å². The highest BCUT2D eigenvalue weighted by Crippen LogP contribution is 2.41. The Morgan fingerprint density at radius 2 is 1.67 bits per heavy atom. The molecule has 1 aliphatic heterocycles. The van der Waals surface area contributed by atoms with Gasteiger partial charge in [0.15, 0.2) is 0 Å². The van der Waals surface area contributed by atoms with Crippen LogP contribution in [0, 0.1) is 0 Å². The first kappa shape index (κ1) is 27.5. The summed E-state index contributed by atoms with van der Waals surface area (Å²) in [6.45, 7) is 14.8. The van der Waals surface area contributed by atoms with Crippen molar-refractivity contribution in [2.75, 3.05) is 20.3 Å². The van der Waals surface area contributed by atoms with Gasteiger partial charge in [0.25, 0.3) is 11.7 Å². The molecule has 0 aliphatic carbocycles. The zero-order valence-electron chi connectivity index (χ0n) is 22.7. The van der Waals surface area contributed by atoms with Gasteiger partial charge in [-0.1, -0.05) is 58.9 Å². The second-order valence-corrected chi connectivity index (χ2v) is 10.9.